The van der Waals surface area contributed by atoms with Crippen LogP contribution in [0, 0.1) is 0 Å². The van der Waals surface area contributed by atoms with Crippen LogP contribution in [0.1, 0.15) is 64.2 Å². The lowest BCUT2D eigenvalue weighted by Crippen LogP contribution is -2.48. The first-order valence-electron chi connectivity index (χ1n) is 9.61. The number of ether oxygens (including phenoxy) is 1. The Balaban J connectivity index is 1.49. The SMILES string of the molecule is CC1Cc2cc(C=O)sc2C2(CCN(C(C)c3cnc(C(F)(F)F)nc3)CC2)O1. The fourth-order valence-electron chi connectivity index (χ4n) is 4.36. The largest absolute Gasteiger partial charge is 0.451 e. The molecule has 9 heteroatoms. The molecule has 0 saturated carbocycles. The van der Waals surface area contributed by atoms with Crippen molar-refractivity contribution in [1.29, 1.82) is 0 Å². The second kappa shape index (κ2) is 7.45. The van der Waals surface area contributed by atoms with E-state index in [1.165, 1.54) is 29.3 Å². The molecule has 1 spiro atoms. The highest BCUT2D eigenvalue weighted by molar-refractivity contribution is 7.14. The zero-order chi connectivity index (χ0) is 20.8. The van der Waals surface area contributed by atoms with Gasteiger partial charge in [-0.05, 0) is 44.7 Å². The van der Waals surface area contributed by atoms with Crippen LogP contribution in [-0.2, 0) is 22.9 Å². The average Bonchev–Trinajstić information content (AvgIpc) is 3.11. The number of alkyl halides is 3. The third kappa shape index (κ3) is 3.83. The number of nitrogens with zero attached hydrogens (tertiary/aromatic N) is 3. The Morgan fingerprint density at radius 1 is 1.31 bits per heavy atom. The molecule has 1 fully saturated rings. The van der Waals surface area contributed by atoms with E-state index >= 15 is 0 Å². The Hall–Kier alpha value is -1.84. The van der Waals surface area contributed by atoms with Gasteiger partial charge in [-0.3, -0.25) is 9.69 Å². The van der Waals surface area contributed by atoms with E-state index in [-0.39, 0.29) is 17.7 Å². The fourth-order valence-corrected chi connectivity index (χ4v) is 5.56. The summed E-state index contributed by atoms with van der Waals surface area (Å²) >= 11 is 1.51. The van der Waals surface area contributed by atoms with Gasteiger partial charge in [0.1, 0.15) is 5.60 Å². The van der Waals surface area contributed by atoms with Crippen molar-refractivity contribution in [2.45, 2.75) is 57.0 Å². The van der Waals surface area contributed by atoms with Gasteiger partial charge in [-0.1, -0.05) is 0 Å². The van der Waals surface area contributed by atoms with Gasteiger partial charge in [0.2, 0.25) is 5.82 Å². The number of hydrogen-bond acceptors (Lipinski definition) is 6. The molecule has 156 valence electrons. The molecule has 2 atom stereocenters. The second-order valence-corrected chi connectivity index (χ2v) is 8.88. The minimum atomic E-state index is -4.53. The maximum Gasteiger partial charge on any atom is 0.451 e. The van der Waals surface area contributed by atoms with Crippen molar-refractivity contribution in [2.75, 3.05) is 13.1 Å². The summed E-state index contributed by atoms with van der Waals surface area (Å²) in [6.07, 6.45) is 1.32. The van der Waals surface area contributed by atoms with Crippen LogP contribution < -0.4 is 0 Å². The number of aldehydes is 1. The summed E-state index contributed by atoms with van der Waals surface area (Å²) in [5, 5.41) is 0. The van der Waals surface area contributed by atoms with Crippen molar-refractivity contribution in [2.24, 2.45) is 0 Å². The number of piperidine rings is 1. The second-order valence-electron chi connectivity index (χ2n) is 7.80. The van der Waals surface area contributed by atoms with E-state index in [9.17, 15) is 18.0 Å². The molecule has 0 radical (unpaired) electrons. The fraction of sp³-hybridized carbons (Fsp3) is 0.550. The van der Waals surface area contributed by atoms with Crippen LogP contribution in [0.15, 0.2) is 18.5 Å². The minimum Gasteiger partial charge on any atom is -0.366 e. The first-order chi connectivity index (χ1) is 13.7. The highest BCUT2D eigenvalue weighted by Crippen LogP contribution is 2.47. The van der Waals surface area contributed by atoms with Gasteiger partial charge < -0.3 is 4.74 Å². The van der Waals surface area contributed by atoms with Crippen LogP contribution in [0.3, 0.4) is 0 Å². The Morgan fingerprint density at radius 2 is 1.97 bits per heavy atom. The van der Waals surface area contributed by atoms with E-state index < -0.39 is 12.0 Å². The molecule has 29 heavy (non-hydrogen) atoms. The molecule has 0 amide bonds. The summed E-state index contributed by atoms with van der Waals surface area (Å²) in [5.41, 5.74) is 1.48. The topological polar surface area (TPSA) is 55.3 Å². The molecule has 4 rings (SSSR count). The monoisotopic (exact) mass is 425 g/mol. The number of hydrogen-bond donors (Lipinski definition) is 0. The molecule has 5 nitrogen and oxygen atoms in total. The van der Waals surface area contributed by atoms with Crippen molar-refractivity contribution in [3.8, 4) is 0 Å². The Morgan fingerprint density at radius 3 is 2.55 bits per heavy atom. The summed E-state index contributed by atoms with van der Waals surface area (Å²) in [6, 6.07) is 1.88. The molecular weight excluding hydrogens is 403 g/mol. The van der Waals surface area contributed by atoms with E-state index in [1.54, 1.807) is 0 Å². The number of halogens is 3. The summed E-state index contributed by atoms with van der Waals surface area (Å²) < 4.78 is 44.5. The predicted molar refractivity (Wildman–Crippen MR) is 102 cm³/mol. The third-order valence-corrected chi connectivity index (χ3v) is 7.14. The van der Waals surface area contributed by atoms with Crippen LogP contribution in [0.4, 0.5) is 13.2 Å². The molecular formula is C20H22F3N3O2S. The first kappa shape index (κ1) is 20.4. The van der Waals surface area contributed by atoms with Crippen molar-refractivity contribution >= 4 is 17.6 Å². The molecule has 0 aromatic carbocycles. The molecule has 2 unspecified atom stereocenters. The normalized spacial score (nSPS) is 23.0. The van der Waals surface area contributed by atoms with Gasteiger partial charge in [-0.2, -0.15) is 13.2 Å². The highest BCUT2D eigenvalue weighted by atomic mass is 32.1. The standard InChI is InChI=1S/C20H22F3N3O2S/c1-12-7-14-8-16(11-27)29-17(14)19(28-12)3-5-26(6-4-19)13(2)15-9-24-18(25-10-15)20(21,22)23/h8-13H,3-7H2,1-2H3. The average molecular weight is 425 g/mol. The lowest BCUT2D eigenvalue weighted by molar-refractivity contribution is -0.145. The van der Waals surface area contributed by atoms with E-state index in [0.717, 1.165) is 48.4 Å². The van der Waals surface area contributed by atoms with Gasteiger partial charge in [-0.15, -0.1) is 11.3 Å². The van der Waals surface area contributed by atoms with E-state index in [1.807, 2.05) is 13.0 Å². The third-order valence-electron chi connectivity index (χ3n) is 5.85. The molecule has 2 aliphatic rings. The van der Waals surface area contributed by atoms with Crippen molar-refractivity contribution in [3.63, 3.8) is 0 Å². The van der Waals surface area contributed by atoms with E-state index in [0.29, 0.717) is 5.56 Å². The number of carbonyl (C=O) groups excluding carboxylic acids is 1. The summed E-state index contributed by atoms with van der Waals surface area (Å²) in [4.78, 5) is 22.3. The van der Waals surface area contributed by atoms with Crippen LogP contribution >= 0.6 is 11.3 Å². The molecule has 4 heterocycles. The van der Waals surface area contributed by atoms with Gasteiger partial charge in [0.25, 0.3) is 0 Å². The van der Waals surface area contributed by atoms with E-state index in [4.69, 9.17) is 4.74 Å². The van der Waals surface area contributed by atoms with Crippen LogP contribution in [0.25, 0.3) is 0 Å². The van der Waals surface area contributed by atoms with Crippen LogP contribution in [0.5, 0.6) is 0 Å². The lowest BCUT2D eigenvalue weighted by atomic mass is 9.83. The maximum absolute atomic E-state index is 12.7. The van der Waals surface area contributed by atoms with E-state index in [2.05, 4.69) is 21.8 Å². The highest BCUT2D eigenvalue weighted by Gasteiger charge is 2.45. The van der Waals surface area contributed by atoms with Gasteiger partial charge >= 0.3 is 6.18 Å². The Labute approximate surface area is 170 Å². The molecule has 0 aliphatic carbocycles. The molecule has 2 aromatic rings. The minimum absolute atomic E-state index is 0.0869. The lowest BCUT2D eigenvalue weighted by Gasteiger charge is -2.47. The number of thiophene rings is 1. The smallest absolute Gasteiger partial charge is 0.366 e. The number of likely N-dealkylation sites (tertiary alicyclic amines) is 1. The molecule has 2 aliphatic heterocycles. The molecule has 2 aromatic heterocycles. The van der Waals surface area contributed by atoms with Gasteiger partial charge in [0.15, 0.2) is 6.29 Å². The van der Waals surface area contributed by atoms with Crippen molar-refractivity contribution in [3.05, 3.63) is 45.2 Å². The number of rotatable bonds is 3. The molecule has 0 N–H and O–H groups in total. The van der Waals surface area contributed by atoms with Gasteiger partial charge in [-0.25, -0.2) is 9.97 Å². The Kier molecular flexibility index (Phi) is 5.25. The molecule has 0 bridgehead atoms. The summed E-state index contributed by atoms with van der Waals surface area (Å²) in [7, 11) is 0. The van der Waals surface area contributed by atoms with Crippen molar-refractivity contribution in [1.82, 2.24) is 14.9 Å². The number of fused-ring (bicyclic) bond motifs is 2. The predicted octanol–water partition coefficient (Wildman–Crippen LogP) is 4.38. The van der Waals surface area contributed by atoms with Crippen molar-refractivity contribution < 1.29 is 22.7 Å². The number of carbonyl (C=O) groups is 1. The molecule has 1 saturated heterocycles. The summed E-state index contributed by atoms with van der Waals surface area (Å²) in [5.74, 6) is -1.12. The van der Waals surface area contributed by atoms with Crippen LogP contribution in [0.2, 0.25) is 0 Å². The van der Waals surface area contributed by atoms with Gasteiger partial charge in [0, 0.05) is 42.0 Å². The quantitative estimate of drug-likeness (QED) is 0.683. The number of aromatic nitrogens is 2. The zero-order valence-electron chi connectivity index (χ0n) is 16.2. The Bertz CT molecular complexity index is 889. The van der Waals surface area contributed by atoms with Gasteiger partial charge in [0.05, 0.1) is 11.0 Å². The zero-order valence-corrected chi connectivity index (χ0v) is 17.0. The van der Waals surface area contributed by atoms with Crippen LogP contribution in [-0.4, -0.2) is 40.3 Å². The maximum atomic E-state index is 12.7. The summed E-state index contributed by atoms with van der Waals surface area (Å²) in [6.45, 7) is 5.48. The first-order valence-corrected chi connectivity index (χ1v) is 10.4.